The fraction of sp³-hybridized carbons (Fsp3) is 0.619. The van der Waals surface area contributed by atoms with E-state index >= 15 is 0 Å². The maximum atomic E-state index is 12.6. The second-order valence-corrected chi connectivity index (χ2v) is 7.43. The van der Waals surface area contributed by atoms with Crippen molar-refractivity contribution in [1.82, 2.24) is 10.2 Å². The van der Waals surface area contributed by atoms with Gasteiger partial charge in [-0.05, 0) is 43.6 Å². The molecule has 0 bridgehead atoms. The zero-order chi connectivity index (χ0) is 17.5. The van der Waals surface area contributed by atoms with Gasteiger partial charge in [-0.1, -0.05) is 43.2 Å². The first-order chi connectivity index (χ1) is 12.2. The average molecular weight is 342 g/mol. The topological polar surface area (TPSA) is 49.4 Å². The molecule has 1 N–H and O–H groups in total. The van der Waals surface area contributed by atoms with Crippen LogP contribution >= 0.6 is 0 Å². The van der Waals surface area contributed by atoms with Gasteiger partial charge in [0.15, 0.2) is 0 Å². The van der Waals surface area contributed by atoms with Crippen molar-refractivity contribution >= 4 is 11.8 Å². The van der Waals surface area contributed by atoms with Crippen LogP contribution in [0.3, 0.4) is 0 Å². The van der Waals surface area contributed by atoms with Gasteiger partial charge in [0, 0.05) is 32.0 Å². The van der Waals surface area contributed by atoms with Gasteiger partial charge in [0.05, 0.1) is 0 Å². The zero-order valence-corrected chi connectivity index (χ0v) is 15.1. The number of fused-ring (bicyclic) bond motifs is 1. The molecular weight excluding hydrogens is 312 g/mol. The Labute approximate surface area is 151 Å². The summed E-state index contributed by atoms with van der Waals surface area (Å²) in [7, 11) is 0. The van der Waals surface area contributed by atoms with E-state index < -0.39 is 0 Å². The Bertz CT molecular complexity index is 571. The van der Waals surface area contributed by atoms with Crippen molar-refractivity contribution in [3.05, 3.63) is 35.9 Å². The molecule has 3 rings (SSSR count). The summed E-state index contributed by atoms with van der Waals surface area (Å²) < 4.78 is 0. The number of carbonyl (C=O) groups excluding carboxylic acids is 2. The van der Waals surface area contributed by atoms with Crippen LogP contribution < -0.4 is 5.32 Å². The van der Waals surface area contributed by atoms with Crippen LogP contribution in [0.2, 0.25) is 0 Å². The molecule has 1 aromatic rings. The second-order valence-electron chi connectivity index (χ2n) is 7.43. The molecule has 1 saturated heterocycles. The SMILES string of the molecule is O=C(CCc1ccccc1)NCCC(=O)N1CCCC2CCCCC21. The summed E-state index contributed by atoms with van der Waals surface area (Å²) in [6.45, 7) is 1.36. The standard InChI is InChI=1S/C21H30N2O2/c24-20(13-12-17-7-2-1-3-8-17)22-15-14-21(25)23-16-6-10-18-9-4-5-11-19(18)23/h1-3,7-8,18-19H,4-6,9-16H2,(H,22,24). The Balaban J connectivity index is 1.37. The number of nitrogens with zero attached hydrogens (tertiary/aromatic N) is 1. The Morgan fingerprint density at radius 1 is 1.00 bits per heavy atom. The number of hydrogen-bond acceptors (Lipinski definition) is 2. The summed E-state index contributed by atoms with van der Waals surface area (Å²) in [5, 5.41) is 2.91. The smallest absolute Gasteiger partial charge is 0.224 e. The van der Waals surface area contributed by atoms with Crippen molar-refractivity contribution < 1.29 is 9.59 Å². The highest BCUT2D eigenvalue weighted by Crippen LogP contribution is 2.35. The van der Waals surface area contributed by atoms with Gasteiger partial charge >= 0.3 is 0 Å². The molecule has 2 amide bonds. The molecule has 0 aromatic heterocycles. The van der Waals surface area contributed by atoms with Crippen molar-refractivity contribution in [3.63, 3.8) is 0 Å². The molecule has 1 heterocycles. The zero-order valence-electron chi connectivity index (χ0n) is 15.1. The molecule has 1 saturated carbocycles. The van der Waals surface area contributed by atoms with E-state index in [1.807, 2.05) is 30.3 Å². The molecular formula is C21H30N2O2. The van der Waals surface area contributed by atoms with Crippen molar-refractivity contribution in [2.75, 3.05) is 13.1 Å². The lowest BCUT2D eigenvalue weighted by Gasteiger charge is -2.44. The van der Waals surface area contributed by atoms with E-state index in [4.69, 9.17) is 0 Å². The molecule has 2 atom stereocenters. The van der Waals surface area contributed by atoms with Crippen LogP contribution in [0.1, 0.15) is 56.9 Å². The van der Waals surface area contributed by atoms with Crippen molar-refractivity contribution in [3.8, 4) is 0 Å². The average Bonchev–Trinajstić information content (AvgIpc) is 2.66. The van der Waals surface area contributed by atoms with Gasteiger partial charge in [-0.25, -0.2) is 0 Å². The van der Waals surface area contributed by atoms with Crippen LogP contribution in [0.15, 0.2) is 30.3 Å². The molecule has 2 unspecified atom stereocenters. The lowest BCUT2D eigenvalue weighted by Crippen LogP contribution is -2.50. The summed E-state index contributed by atoms with van der Waals surface area (Å²) in [5.74, 6) is 0.970. The first-order valence-electron chi connectivity index (χ1n) is 9.84. The molecule has 1 aliphatic carbocycles. The number of piperidine rings is 1. The minimum absolute atomic E-state index is 0.0332. The third-order valence-electron chi connectivity index (χ3n) is 5.71. The van der Waals surface area contributed by atoms with Crippen LogP contribution in [0.4, 0.5) is 0 Å². The molecule has 1 aliphatic heterocycles. The number of benzene rings is 1. The Kier molecular flexibility index (Phi) is 6.48. The molecule has 2 fully saturated rings. The fourth-order valence-electron chi connectivity index (χ4n) is 4.38. The van der Waals surface area contributed by atoms with E-state index in [1.54, 1.807) is 0 Å². The van der Waals surface area contributed by atoms with E-state index in [0.29, 0.717) is 31.3 Å². The van der Waals surface area contributed by atoms with Crippen LogP contribution in [0.25, 0.3) is 0 Å². The van der Waals surface area contributed by atoms with Crippen molar-refractivity contribution in [2.24, 2.45) is 5.92 Å². The monoisotopic (exact) mass is 342 g/mol. The van der Waals surface area contributed by atoms with Gasteiger partial charge in [-0.3, -0.25) is 9.59 Å². The normalized spacial score (nSPS) is 23.0. The Hall–Kier alpha value is -1.84. The predicted molar refractivity (Wildman–Crippen MR) is 99.1 cm³/mol. The summed E-state index contributed by atoms with van der Waals surface area (Å²) in [4.78, 5) is 26.7. The number of carbonyl (C=O) groups is 2. The molecule has 25 heavy (non-hydrogen) atoms. The largest absolute Gasteiger partial charge is 0.356 e. The van der Waals surface area contributed by atoms with E-state index in [2.05, 4.69) is 10.2 Å². The summed E-state index contributed by atoms with van der Waals surface area (Å²) >= 11 is 0. The van der Waals surface area contributed by atoms with Gasteiger partial charge < -0.3 is 10.2 Å². The molecule has 1 aromatic carbocycles. The van der Waals surface area contributed by atoms with Crippen LogP contribution in [0.5, 0.6) is 0 Å². The third-order valence-corrected chi connectivity index (χ3v) is 5.71. The minimum Gasteiger partial charge on any atom is -0.356 e. The number of hydrogen-bond donors (Lipinski definition) is 1. The van der Waals surface area contributed by atoms with Gasteiger partial charge in [-0.15, -0.1) is 0 Å². The van der Waals surface area contributed by atoms with Crippen LogP contribution in [0, 0.1) is 5.92 Å². The molecule has 4 heteroatoms. The van der Waals surface area contributed by atoms with Crippen molar-refractivity contribution in [1.29, 1.82) is 0 Å². The quantitative estimate of drug-likeness (QED) is 0.862. The van der Waals surface area contributed by atoms with Crippen LogP contribution in [-0.2, 0) is 16.0 Å². The number of aryl methyl sites for hydroxylation is 1. The molecule has 0 radical (unpaired) electrons. The summed E-state index contributed by atoms with van der Waals surface area (Å²) in [5.41, 5.74) is 1.17. The first-order valence-corrected chi connectivity index (χ1v) is 9.84. The first kappa shape index (κ1) is 18.0. The number of likely N-dealkylation sites (tertiary alicyclic amines) is 1. The van der Waals surface area contributed by atoms with Gasteiger partial charge in [0.1, 0.15) is 0 Å². The molecule has 4 nitrogen and oxygen atoms in total. The number of rotatable bonds is 6. The lowest BCUT2D eigenvalue weighted by atomic mass is 9.78. The summed E-state index contributed by atoms with van der Waals surface area (Å²) in [6, 6.07) is 10.5. The van der Waals surface area contributed by atoms with Crippen LogP contribution in [-0.4, -0.2) is 35.8 Å². The molecule has 2 aliphatic rings. The Morgan fingerprint density at radius 3 is 2.60 bits per heavy atom. The molecule has 0 spiro atoms. The molecule has 136 valence electrons. The van der Waals surface area contributed by atoms with E-state index in [1.165, 1.54) is 37.7 Å². The van der Waals surface area contributed by atoms with Gasteiger partial charge in [0.25, 0.3) is 0 Å². The van der Waals surface area contributed by atoms with E-state index in [9.17, 15) is 9.59 Å². The maximum absolute atomic E-state index is 12.6. The second kappa shape index (κ2) is 9.02. The van der Waals surface area contributed by atoms with Crippen molar-refractivity contribution in [2.45, 2.75) is 63.8 Å². The third kappa shape index (κ3) is 5.07. The Morgan fingerprint density at radius 2 is 1.76 bits per heavy atom. The summed E-state index contributed by atoms with van der Waals surface area (Å²) in [6.07, 6.45) is 9.09. The predicted octanol–water partition coefficient (Wildman–Crippen LogP) is 3.31. The minimum atomic E-state index is 0.0332. The van der Waals surface area contributed by atoms with Gasteiger partial charge in [-0.2, -0.15) is 0 Å². The van der Waals surface area contributed by atoms with E-state index in [-0.39, 0.29) is 11.8 Å². The van der Waals surface area contributed by atoms with E-state index in [0.717, 1.165) is 19.4 Å². The lowest BCUT2D eigenvalue weighted by molar-refractivity contribution is -0.137. The fourth-order valence-corrected chi connectivity index (χ4v) is 4.38. The van der Waals surface area contributed by atoms with Gasteiger partial charge in [0.2, 0.25) is 11.8 Å². The maximum Gasteiger partial charge on any atom is 0.224 e. The highest BCUT2D eigenvalue weighted by Gasteiger charge is 2.35. The highest BCUT2D eigenvalue weighted by atomic mass is 16.2. The number of amides is 2. The highest BCUT2D eigenvalue weighted by molar-refractivity contribution is 5.79. The number of nitrogens with one attached hydrogen (secondary N) is 1.